The van der Waals surface area contributed by atoms with E-state index in [1.54, 1.807) is 0 Å². The first kappa shape index (κ1) is 18.4. The highest BCUT2D eigenvalue weighted by Crippen LogP contribution is 2.28. The topological polar surface area (TPSA) is 52.6 Å². The molecule has 0 aromatic carbocycles. The van der Waals surface area contributed by atoms with Crippen molar-refractivity contribution < 1.29 is 31.6 Å². The zero-order valence-electron chi connectivity index (χ0n) is 11.6. The van der Waals surface area contributed by atoms with Crippen LogP contribution in [0.1, 0.15) is 20.3 Å². The largest absolute Gasteiger partial charge is 0.481 e. The quantitative estimate of drug-likeness (QED) is 0.558. The fourth-order valence-electron chi connectivity index (χ4n) is 1.06. The Labute approximate surface area is 116 Å². The lowest BCUT2D eigenvalue weighted by Gasteiger charge is -2.26. The predicted octanol–water partition coefficient (Wildman–Crippen LogP) is 3.25. The van der Waals surface area contributed by atoms with E-state index in [-0.39, 0.29) is 11.1 Å². The van der Waals surface area contributed by atoms with Crippen molar-refractivity contribution in [3.8, 4) is 0 Å². The molecule has 0 aliphatic heterocycles. The molecule has 0 bridgehead atoms. The van der Waals surface area contributed by atoms with Crippen LogP contribution < -0.4 is 0 Å². The smallest absolute Gasteiger partial charge is 0.461 e. The van der Waals surface area contributed by atoms with Gasteiger partial charge in [-0.1, -0.05) is 13.2 Å². The molecule has 0 rings (SSSR count). The normalized spacial score (nSPS) is 11.7. The summed E-state index contributed by atoms with van der Waals surface area (Å²) in [7, 11) is -3.65. The molecule has 0 aliphatic carbocycles. The molecule has 4 nitrogen and oxygen atoms in total. The van der Waals surface area contributed by atoms with Crippen LogP contribution in [0.2, 0.25) is 12.6 Å². The van der Waals surface area contributed by atoms with Gasteiger partial charge in [-0.3, -0.25) is 0 Å². The van der Waals surface area contributed by atoms with Gasteiger partial charge in [0.25, 0.3) is 0 Å². The summed E-state index contributed by atoms with van der Waals surface area (Å²) >= 11 is 0. The van der Waals surface area contributed by atoms with E-state index < -0.39 is 39.1 Å². The maximum absolute atomic E-state index is 12.3. The zero-order chi connectivity index (χ0) is 16.1. The Bertz CT molecular complexity index is 401. The Balaban J connectivity index is 5.01. The molecule has 0 aromatic heterocycles. The van der Waals surface area contributed by atoms with Crippen LogP contribution in [-0.2, 0) is 18.4 Å². The van der Waals surface area contributed by atoms with Crippen LogP contribution in [0.25, 0.3) is 0 Å². The van der Waals surface area contributed by atoms with Crippen LogP contribution >= 0.6 is 0 Å². The molecule has 8 heteroatoms. The molecule has 0 fully saturated rings. The Hall–Kier alpha value is -1.57. The molecule has 0 aliphatic rings. The van der Waals surface area contributed by atoms with Gasteiger partial charge in [-0.05, 0) is 13.8 Å². The molecule has 0 heterocycles. The van der Waals surface area contributed by atoms with Gasteiger partial charge in [-0.2, -0.15) is 13.2 Å². The number of hydrogen-bond donors (Lipinski definition) is 0. The van der Waals surface area contributed by atoms with Crippen LogP contribution in [0.3, 0.4) is 0 Å². The molecule has 0 radical (unpaired) electrons. The Morgan fingerprint density at radius 3 is 1.65 bits per heavy atom. The van der Waals surface area contributed by atoms with Crippen LogP contribution in [-0.4, -0.2) is 26.7 Å². The minimum absolute atomic E-state index is 0.0158. The second-order valence-corrected chi connectivity index (χ2v) is 7.76. The van der Waals surface area contributed by atoms with Gasteiger partial charge in [0.2, 0.25) is 0 Å². The van der Waals surface area contributed by atoms with Gasteiger partial charge in [0.15, 0.2) is 0 Å². The van der Waals surface area contributed by atoms with E-state index in [0.29, 0.717) is 0 Å². The van der Waals surface area contributed by atoms with Crippen molar-refractivity contribution in [2.24, 2.45) is 0 Å². The molecule has 0 unspecified atom stereocenters. The fraction of sp³-hybridized carbons (Fsp3) is 0.500. The van der Waals surface area contributed by atoms with Gasteiger partial charge in [-0.15, -0.1) is 0 Å². The molecule has 0 spiro atoms. The van der Waals surface area contributed by atoms with Gasteiger partial charge >= 0.3 is 26.7 Å². The van der Waals surface area contributed by atoms with E-state index in [2.05, 4.69) is 13.2 Å². The second kappa shape index (κ2) is 6.73. The van der Waals surface area contributed by atoms with Crippen molar-refractivity contribution in [2.75, 3.05) is 0 Å². The maximum Gasteiger partial charge on any atom is 0.461 e. The van der Waals surface area contributed by atoms with Crippen molar-refractivity contribution in [1.29, 1.82) is 0 Å². The summed E-state index contributed by atoms with van der Waals surface area (Å²) in [5.41, 5.74) is 0.0317. The summed E-state index contributed by atoms with van der Waals surface area (Å²) in [6.45, 7) is 10.6. The standard InChI is InChI=1S/C12H17F3O4Si/c1-8(2)10(16)18-20(5,7-6-12(13,14)15)19-11(17)9(3)4/h1,3,6-7H2,2,4-5H3. The first-order chi connectivity index (χ1) is 8.86. The highest BCUT2D eigenvalue weighted by Gasteiger charge is 2.43. The predicted molar refractivity (Wildman–Crippen MR) is 68.9 cm³/mol. The summed E-state index contributed by atoms with van der Waals surface area (Å²) < 4.78 is 46.7. The third-order valence-corrected chi connectivity index (χ3v) is 4.57. The van der Waals surface area contributed by atoms with Crippen LogP contribution in [0.15, 0.2) is 24.3 Å². The van der Waals surface area contributed by atoms with Crippen molar-refractivity contribution in [2.45, 2.75) is 39.0 Å². The van der Waals surface area contributed by atoms with Crippen molar-refractivity contribution in [3.05, 3.63) is 24.3 Å². The number of halogens is 3. The van der Waals surface area contributed by atoms with Crippen molar-refractivity contribution in [1.82, 2.24) is 0 Å². The Kier molecular flexibility index (Phi) is 6.20. The lowest BCUT2D eigenvalue weighted by Crippen LogP contribution is -2.43. The molecular formula is C12H17F3O4Si. The van der Waals surface area contributed by atoms with E-state index in [0.717, 1.165) is 0 Å². The van der Waals surface area contributed by atoms with Gasteiger partial charge in [0, 0.05) is 30.2 Å². The SMILES string of the molecule is C=C(C)C(=O)O[Si](C)(CCC(F)(F)F)OC(=O)C(=C)C. The molecule has 114 valence electrons. The highest BCUT2D eigenvalue weighted by molar-refractivity contribution is 6.69. The molecule has 0 saturated carbocycles. The molecule has 0 N–H and O–H groups in total. The van der Waals surface area contributed by atoms with E-state index >= 15 is 0 Å². The minimum Gasteiger partial charge on any atom is -0.481 e. The van der Waals surface area contributed by atoms with Crippen LogP contribution in [0.5, 0.6) is 0 Å². The van der Waals surface area contributed by atoms with E-state index in [1.165, 1.54) is 20.4 Å². The summed E-state index contributed by atoms with van der Waals surface area (Å²) in [4.78, 5) is 22.9. The van der Waals surface area contributed by atoms with E-state index in [1.807, 2.05) is 0 Å². The first-order valence-electron chi connectivity index (χ1n) is 5.71. The fourth-order valence-corrected chi connectivity index (χ4v) is 3.17. The first-order valence-corrected chi connectivity index (χ1v) is 8.23. The van der Waals surface area contributed by atoms with Crippen LogP contribution in [0, 0.1) is 0 Å². The van der Waals surface area contributed by atoms with Crippen LogP contribution in [0.4, 0.5) is 13.2 Å². The summed E-state index contributed by atoms with van der Waals surface area (Å²) in [6, 6.07) is -0.575. The average Bonchev–Trinajstić information content (AvgIpc) is 2.25. The van der Waals surface area contributed by atoms with E-state index in [4.69, 9.17) is 8.85 Å². The molecular weight excluding hydrogens is 293 g/mol. The monoisotopic (exact) mass is 310 g/mol. The number of carbonyl (C=O) groups excluding carboxylic acids is 2. The molecule has 0 amide bonds. The lowest BCUT2D eigenvalue weighted by atomic mass is 10.4. The molecule has 0 saturated heterocycles. The van der Waals surface area contributed by atoms with Crippen molar-refractivity contribution in [3.63, 3.8) is 0 Å². The average molecular weight is 310 g/mol. The van der Waals surface area contributed by atoms with Gasteiger partial charge in [0.1, 0.15) is 0 Å². The Morgan fingerprint density at radius 1 is 1.05 bits per heavy atom. The highest BCUT2D eigenvalue weighted by atomic mass is 28.4. The maximum atomic E-state index is 12.3. The Morgan fingerprint density at radius 2 is 1.40 bits per heavy atom. The third-order valence-electron chi connectivity index (χ3n) is 2.18. The van der Waals surface area contributed by atoms with E-state index in [9.17, 15) is 22.8 Å². The third kappa shape index (κ3) is 7.12. The summed E-state index contributed by atoms with van der Waals surface area (Å²) in [5, 5.41) is 0. The van der Waals surface area contributed by atoms with Gasteiger partial charge in [0.05, 0.1) is 0 Å². The molecule has 0 aromatic rings. The molecule has 0 atom stereocenters. The number of alkyl halides is 3. The summed E-state index contributed by atoms with van der Waals surface area (Å²) in [5.74, 6) is -1.76. The minimum atomic E-state index is -4.43. The van der Waals surface area contributed by atoms with Gasteiger partial charge in [-0.25, -0.2) is 9.59 Å². The summed E-state index contributed by atoms with van der Waals surface area (Å²) in [6.07, 6.45) is -5.64. The zero-order valence-corrected chi connectivity index (χ0v) is 12.6. The molecule has 20 heavy (non-hydrogen) atoms. The lowest BCUT2D eigenvalue weighted by molar-refractivity contribution is -0.141. The van der Waals surface area contributed by atoms with Gasteiger partial charge < -0.3 is 8.85 Å². The second-order valence-electron chi connectivity index (χ2n) is 4.59. The number of rotatable bonds is 6. The number of carbonyl (C=O) groups is 2. The van der Waals surface area contributed by atoms with Crippen molar-refractivity contribution >= 4 is 20.5 Å². The number of hydrogen-bond acceptors (Lipinski definition) is 4.